The zero-order valence-electron chi connectivity index (χ0n) is 19.5. The normalized spacial score (nSPS) is 17.1. The number of nitrogens with zero attached hydrogens (tertiary/aromatic N) is 3. The molecule has 37 heavy (non-hydrogen) atoms. The van der Waals surface area contributed by atoms with Crippen molar-refractivity contribution >= 4 is 22.7 Å². The number of aromatic amines is 1. The standard InChI is InChI=1S/C26H20F3N5O3/c1-26(12-35)11-33-25(36-13-26)34-17-7-19(28)23(20(29)8-17)37-21-2-3-31-24-22(21)18(10-32-24)15-4-14(9-30)5-16(27)6-15/h2-8,10,35H,11-13H2,1H3,(H,31,32)(H,33,34)/t26-/m1/s1. The molecule has 0 saturated heterocycles. The lowest BCUT2D eigenvalue weighted by Gasteiger charge is -2.30. The Bertz CT molecular complexity index is 1560. The molecule has 8 nitrogen and oxygen atoms in total. The van der Waals surface area contributed by atoms with E-state index in [0.717, 1.165) is 18.2 Å². The van der Waals surface area contributed by atoms with Gasteiger partial charge in [0.2, 0.25) is 0 Å². The summed E-state index contributed by atoms with van der Waals surface area (Å²) in [6, 6.07) is 9.30. The summed E-state index contributed by atoms with van der Waals surface area (Å²) in [7, 11) is 0. The quantitative estimate of drug-likeness (QED) is 0.346. The van der Waals surface area contributed by atoms with E-state index in [2.05, 4.69) is 20.3 Å². The van der Waals surface area contributed by atoms with Gasteiger partial charge in [0, 0.05) is 41.2 Å². The van der Waals surface area contributed by atoms with Crippen molar-refractivity contribution in [2.45, 2.75) is 6.92 Å². The largest absolute Gasteiger partial charge is 0.464 e. The second-order valence-electron chi connectivity index (χ2n) is 8.95. The highest BCUT2D eigenvalue weighted by Gasteiger charge is 2.29. The van der Waals surface area contributed by atoms with Crippen molar-refractivity contribution in [1.82, 2.24) is 9.97 Å². The van der Waals surface area contributed by atoms with Gasteiger partial charge >= 0.3 is 0 Å². The van der Waals surface area contributed by atoms with Crippen molar-refractivity contribution in [3.63, 3.8) is 0 Å². The highest BCUT2D eigenvalue weighted by atomic mass is 19.1. The predicted molar refractivity (Wildman–Crippen MR) is 130 cm³/mol. The second-order valence-corrected chi connectivity index (χ2v) is 8.95. The van der Waals surface area contributed by atoms with E-state index < -0.39 is 28.6 Å². The van der Waals surface area contributed by atoms with E-state index in [1.54, 1.807) is 13.1 Å². The van der Waals surface area contributed by atoms with Gasteiger partial charge < -0.3 is 24.9 Å². The average Bonchev–Trinajstić information content (AvgIpc) is 3.32. The molecule has 2 aromatic carbocycles. The molecule has 0 radical (unpaired) electrons. The maximum absolute atomic E-state index is 15.0. The molecule has 0 fully saturated rings. The Labute approximate surface area is 209 Å². The number of hydrogen-bond donors (Lipinski definition) is 3. The molecule has 3 N–H and O–H groups in total. The minimum Gasteiger partial charge on any atom is -0.464 e. The predicted octanol–water partition coefficient (Wildman–Crippen LogP) is 5.11. The Morgan fingerprint density at radius 1 is 1.22 bits per heavy atom. The fraction of sp³-hybridized carbons (Fsp3) is 0.192. The Hall–Kier alpha value is -4.56. The molecular formula is C26H20F3N5O3. The second kappa shape index (κ2) is 9.48. The van der Waals surface area contributed by atoms with Crippen LogP contribution in [0.25, 0.3) is 22.2 Å². The Morgan fingerprint density at radius 2 is 2.00 bits per heavy atom. The number of aliphatic hydroxyl groups excluding tert-OH is 1. The van der Waals surface area contributed by atoms with Crippen LogP contribution in [0.4, 0.5) is 18.9 Å². The van der Waals surface area contributed by atoms with Crippen LogP contribution < -0.4 is 10.1 Å². The lowest BCUT2D eigenvalue weighted by Crippen LogP contribution is -2.38. The SMILES string of the molecule is C[C@]1(CO)CN=C(Nc2cc(F)c(Oc3ccnc4[nH]cc(-c5cc(F)cc(C#N)c5)c34)c(F)c2)OC1. The molecule has 0 amide bonds. The van der Waals surface area contributed by atoms with E-state index in [1.165, 1.54) is 24.4 Å². The van der Waals surface area contributed by atoms with Gasteiger partial charge in [-0.15, -0.1) is 0 Å². The number of nitriles is 1. The van der Waals surface area contributed by atoms with Crippen LogP contribution in [0.3, 0.4) is 0 Å². The summed E-state index contributed by atoms with van der Waals surface area (Å²) < 4.78 is 55.2. The zero-order valence-corrected chi connectivity index (χ0v) is 19.5. The first-order chi connectivity index (χ1) is 17.8. The van der Waals surface area contributed by atoms with E-state index in [0.29, 0.717) is 22.2 Å². The molecule has 0 spiro atoms. The number of amidine groups is 1. The number of hydrogen-bond acceptors (Lipinski definition) is 7. The third kappa shape index (κ3) is 4.79. The van der Waals surface area contributed by atoms with Crippen molar-refractivity contribution in [3.05, 3.63) is 71.8 Å². The summed E-state index contributed by atoms with van der Waals surface area (Å²) >= 11 is 0. The summed E-state index contributed by atoms with van der Waals surface area (Å²) in [4.78, 5) is 11.3. The monoisotopic (exact) mass is 507 g/mol. The molecule has 188 valence electrons. The van der Waals surface area contributed by atoms with Crippen molar-refractivity contribution < 1.29 is 27.8 Å². The third-order valence-corrected chi connectivity index (χ3v) is 5.88. The molecule has 2 aromatic heterocycles. The van der Waals surface area contributed by atoms with Gasteiger partial charge in [0.05, 0.1) is 30.2 Å². The molecule has 5 rings (SSSR count). The van der Waals surface area contributed by atoms with Crippen LogP contribution >= 0.6 is 0 Å². The number of H-pyrrole nitrogens is 1. The third-order valence-electron chi connectivity index (χ3n) is 5.88. The van der Waals surface area contributed by atoms with Gasteiger partial charge in [-0.05, 0) is 29.8 Å². The number of aliphatic hydroxyl groups is 1. The molecule has 1 aliphatic rings. The molecule has 0 saturated carbocycles. The Kier molecular flexibility index (Phi) is 6.19. The van der Waals surface area contributed by atoms with E-state index in [1.807, 2.05) is 6.07 Å². The number of nitrogens with one attached hydrogen (secondary N) is 2. The summed E-state index contributed by atoms with van der Waals surface area (Å²) in [6.45, 7) is 2.18. The number of ether oxygens (including phenoxy) is 2. The maximum Gasteiger partial charge on any atom is 0.289 e. The molecule has 0 aliphatic carbocycles. The summed E-state index contributed by atoms with van der Waals surface area (Å²) in [5, 5.41) is 21.7. The molecule has 1 aliphatic heterocycles. The van der Waals surface area contributed by atoms with Crippen LogP contribution in [-0.4, -0.2) is 40.9 Å². The minimum atomic E-state index is -0.987. The van der Waals surface area contributed by atoms with Gasteiger partial charge in [-0.1, -0.05) is 6.92 Å². The van der Waals surface area contributed by atoms with Crippen LogP contribution in [0.15, 0.2) is 53.8 Å². The summed E-state index contributed by atoms with van der Waals surface area (Å²) in [6.07, 6.45) is 2.95. The number of pyridine rings is 1. The van der Waals surface area contributed by atoms with E-state index in [-0.39, 0.29) is 42.8 Å². The number of anilines is 1. The molecular weight excluding hydrogens is 487 g/mol. The lowest BCUT2D eigenvalue weighted by molar-refractivity contribution is 0.0706. The van der Waals surface area contributed by atoms with Crippen molar-refractivity contribution in [1.29, 1.82) is 5.26 Å². The van der Waals surface area contributed by atoms with E-state index in [4.69, 9.17) is 9.47 Å². The summed E-state index contributed by atoms with van der Waals surface area (Å²) in [5.41, 5.74) is 0.802. The van der Waals surface area contributed by atoms with Crippen molar-refractivity contribution in [2.24, 2.45) is 10.4 Å². The van der Waals surface area contributed by atoms with Gasteiger partial charge in [-0.3, -0.25) is 0 Å². The fourth-order valence-corrected chi connectivity index (χ4v) is 3.88. The number of halogens is 3. The van der Waals surface area contributed by atoms with Crippen LogP contribution in [0.2, 0.25) is 0 Å². The van der Waals surface area contributed by atoms with Crippen LogP contribution in [-0.2, 0) is 4.74 Å². The van der Waals surface area contributed by atoms with E-state index in [9.17, 15) is 14.8 Å². The average molecular weight is 507 g/mol. The van der Waals surface area contributed by atoms with Crippen LogP contribution in [0, 0.1) is 34.2 Å². The number of aliphatic imine (C=N–C) groups is 1. The number of aromatic nitrogens is 2. The molecule has 4 aromatic rings. The lowest BCUT2D eigenvalue weighted by atomic mass is 9.93. The fourth-order valence-electron chi connectivity index (χ4n) is 3.88. The summed E-state index contributed by atoms with van der Waals surface area (Å²) in [5.74, 6) is -3.16. The molecule has 0 unspecified atom stereocenters. The first kappa shape index (κ1) is 24.1. The van der Waals surface area contributed by atoms with Gasteiger partial charge in [0.15, 0.2) is 17.4 Å². The van der Waals surface area contributed by atoms with Crippen LogP contribution in [0.5, 0.6) is 11.5 Å². The molecule has 3 heterocycles. The van der Waals surface area contributed by atoms with Gasteiger partial charge in [-0.2, -0.15) is 5.26 Å². The van der Waals surface area contributed by atoms with Gasteiger partial charge in [0.1, 0.15) is 23.8 Å². The topological polar surface area (TPSA) is 116 Å². The first-order valence-corrected chi connectivity index (χ1v) is 11.2. The van der Waals surface area contributed by atoms with Gasteiger partial charge in [0.25, 0.3) is 6.02 Å². The number of benzene rings is 2. The molecule has 0 bridgehead atoms. The van der Waals surface area contributed by atoms with Crippen molar-refractivity contribution in [2.75, 3.05) is 25.1 Å². The maximum atomic E-state index is 15.0. The minimum absolute atomic E-state index is 0.0553. The highest BCUT2D eigenvalue weighted by molar-refractivity contribution is 5.98. The molecule has 1 atom stereocenters. The number of fused-ring (bicyclic) bond motifs is 1. The van der Waals surface area contributed by atoms with Crippen LogP contribution in [0.1, 0.15) is 12.5 Å². The first-order valence-electron chi connectivity index (χ1n) is 11.2. The van der Waals surface area contributed by atoms with E-state index >= 15 is 8.78 Å². The Morgan fingerprint density at radius 3 is 2.68 bits per heavy atom. The Balaban J connectivity index is 1.46. The highest BCUT2D eigenvalue weighted by Crippen LogP contribution is 2.39. The number of rotatable bonds is 5. The van der Waals surface area contributed by atoms with Crippen molar-refractivity contribution in [3.8, 4) is 28.7 Å². The zero-order chi connectivity index (χ0) is 26.2. The van der Waals surface area contributed by atoms with Gasteiger partial charge in [-0.25, -0.2) is 23.1 Å². The molecule has 11 heteroatoms. The smallest absolute Gasteiger partial charge is 0.289 e.